The SMILES string of the molecule is CN1C(=O)[C@@H](NC(=O)c2cn3c(C4CCC(F)(F)CC4)csc3n2)COc2ccc(C#CC(C)(C)O)cc21. The molecule has 1 fully saturated rings. The Morgan fingerprint density at radius 2 is 2.05 bits per heavy atom. The first kappa shape index (κ1) is 26.1. The Morgan fingerprint density at radius 3 is 2.76 bits per heavy atom. The van der Waals surface area contributed by atoms with Gasteiger partial charge in [0.15, 0.2) is 4.96 Å². The van der Waals surface area contributed by atoms with Gasteiger partial charge < -0.3 is 20.1 Å². The number of likely N-dealkylation sites (N-methyl/N-ethyl adjacent to an activating group) is 1. The number of thiazole rings is 1. The summed E-state index contributed by atoms with van der Waals surface area (Å²) in [7, 11) is 1.59. The Labute approximate surface area is 222 Å². The quantitative estimate of drug-likeness (QED) is 0.489. The molecule has 1 saturated carbocycles. The second-order valence-electron chi connectivity index (χ2n) is 10.3. The third-order valence-electron chi connectivity index (χ3n) is 6.78. The van der Waals surface area contributed by atoms with Gasteiger partial charge in [-0.15, -0.1) is 11.3 Å². The molecule has 2 amide bonds. The van der Waals surface area contributed by atoms with E-state index in [0.717, 1.165) is 5.69 Å². The number of anilines is 1. The monoisotopic (exact) mass is 542 g/mol. The molecule has 5 rings (SSSR count). The molecule has 3 aromatic rings. The Morgan fingerprint density at radius 1 is 1.32 bits per heavy atom. The van der Waals surface area contributed by atoms with Gasteiger partial charge in [-0.25, -0.2) is 13.8 Å². The molecule has 8 nitrogen and oxygen atoms in total. The number of halogens is 2. The largest absolute Gasteiger partial charge is 0.489 e. The summed E-state index contributed by atoms with van der Waals surface area (Å²) in [4.78, 5) is 32.7. The van der Waals surface area contributed by atoms with Crippen molar-refractivity contribution in [3.63, 3.8) is 0 Å². The lowest BCUT2D eigenvalue weighted by Gasteiger charge is -2.27. The molecule has 0 saturated heterocycles. The van der Waals surface area contributed by atoms with Crippen LogP contribution in [0.4, 0.5) is 14.5 Å². The maximum atomic E-state index is 13.6. The number of rotatable bonds is 3. The molecule has 3 heterocycles. The topological polar surface area (TPSA) is 96.2 Å². The Kier molecular flexibility index (Phi) is 6.65. The van der Waals surface area contributed by atoms with Gasteiger partial charge in [-0.3, -0.25) is 14.0 Å². The van der Waals surface area contributed by atoms with E-state index >= 15 is 0 Å². The van der Waals surface area contributed by atoms with Gasteiger partial charge in [-0.1, -0.05) is 11.8 Å². The number of aliphatic hydroxyl groups is 1. The number of hydrogen-bond acceptors (Lipinski definition) is 6. The van der Waals surface area contributed by atoms with E-state index in [2.05, 4.69) is 22.1 Å². The van der Waals surface area contributed by atoms with Crippen molar-refractivity contribution in [3.05, 3.63) is 46.7 Å². The number of hydrogen-bond donors (Lipinski definition) is 2. The minimum absolute atomic E-state index is 0.0181. The van der Waals surface area contributed by atoms with Crippen LogP contribution < -0.4 is 15.0 Å². The van der Waals surface area contributed by atoms with E-state index in [9.17, 15) is 23.5 Å². The van der Waals surface area contributed by atoms with E-state index < -0.39 is 23.5 Å². The zero-order valence-electron chi connectivity index (χ0n) is 21.3. The van der Waals surface area contributed by atoms with E-state index in [1.165, 1.54) is 16.2 Å². The van der Waals surface area contributed by atoms with Gasteiger partial charge in [0.25, 0.3) is 11.8 Å². The number of aromatic nitrogens is 2. The van der Waals surface area contributed by atoms with Gasteiger partial charge in [0, 0.05) is 48.6 Å². The van der Waals surface area contributed by atoms with Crippen molar-refractivity contribution in [1.82, 2.24) is 14.7 Å². The number of amides is 2. The highest BCUT2D eigenvalue weighted by atomic mass is 32.1. The molecule has 0 spiro atoms. The summed E-state index contributed by atoms with van der Waals surface area (Å²) >= 11 is 1.35. The second-order valence-corrected chi connectivity index (χ2v) is 11.1. The molecule has 1 atom stereocenters. The lowest BCUT2D eigenvalue weighted by atomic mass is 9.85. The maximum absolute atomic E-state index is 13.6. The highest BCUT2D eigenvalue weighted by Crippen LogP contribution is 2.41. The minimum Gasteiger partial charge on any atom is -0.489 e. The van der Waals surface area contributed by atoms with Crippen molar-refractivity contribution in [1.29, 1.82) is 0 Å². The van der Waals surface area contributed by atoms with Crippen molar-refractivity contribution in [3.8, 4) is 17.6 Å². The molecule has 2 aromatic heterocycles. The van der Waals surface area contributed by atoms with Crippen LogP contribution in [-0.2, 0) is 4.79 Å². The molecule has 0 unspecified atom stereocenters. The summed E-state index contributed by atoms with van der Waals surface area (Å²) in [6.45, 7) is 3.09. The highest BCUT2D eigenvalue weighted by Gasteiger charge is 2.37. The van der Waals surface area contributed by atoms with Crippen LogP contribution in [0.1, 0.15) is 67.2 Å². The summed E-state index contributed by atoms with van der Waals surface area (Å²) in [6.07, 6.45) is 2.06. The number of ether oxygens (including phenoxy) is 1. The molecule has 1 aliphatic heterocycles. The van der Waals surface area contributed by atoms with Gasteiger partial charge in [0.05, 0.1) is 5.69 Å². The van der Waals surface area contributed by atoms with E-state index in [-0.39, 0.29) is 37.0 Å². The lowest BCUT2D eigenvalue weighted by Crippen LogP contribution is -2.49. The molecule has 11 heteroatoms. The normalized spacial score (nSPS) is 19.8. The van der Waals surface area contributed by atoms with E-state index in [1.807, 2.05) is 5.38 Å². The molecule has 200 valence electrons. The van der Waals surface area contributed by atoms with Crippen molar-refractivity contribution >= 4 is 33.8 Å². The fraction of sp³-hybridized carbons (Fsp3) is 0.444. The summed E-state index contributed by atoms with van der Waals surface area (Å²) in [5.74, 6) is 2.57. The van der Waals surface area contributed by atoms with Crippen molar-refractivity contribution in [2.75, 3.05) is 18.6 Å². The van der Waals surface area contributed by atoms with Gasteiger partial charge in [0.1, 0.15) is 29.7 Å². The molecule has 38 heavy (non-hydrogen) atoms. The highest BCUT2D eigenvalue weighted by molar-refractivity contribution is 7.15. The number of nitrogens with zero attached hydrogens (tertiary/aromatic N) is 3. The second kappa shape index (κ2) is 9.67. The van der Waals surface area contributed by atoms with Gasteiger partial charge in [-0.05, 0) is 44.9 Å². The van der Waals surface area contributed by atoms with Crippen molar-refractivity contribution < 1.29 is 28.2 Å². The molecular weight excluding hydrogens is 514 g/mol. The Bertz CT molecular complexity index is 1450. The number of carbonyl (C=O) groups excluding carboxylic acids is 2. The van der Waals surface area contributed by atoms with Crippen LogP contribution in [0.2, 0.25) is 0 Å². The van der Waals surface area contributed by atoms with Crippen LogP contribution in [0.25, 0.3) is 4.96 Å². The molecule has 0 bridgehead atoms. The third-order valence-corrected chi connectivity index (χ3v) is 7.64. The number of imidazole rings is 1. The fourth-order valence-corrected chi connectivity index (χ4v) is 5.63. The number of benzene rings is 1. The average molecular weight is 543 g/mol. The van der Waals surface area contributed by atoms with Crippen molar-refractivity contribution in [2.45, 2.75) is 63.0 Å². The third kappa shape index (κ3) is 5.37. The maximum Gasteiger partial charge on any atom is 0.272 e. The van der Waals surface area contributed by atoms with Crippen LogP contribution in [0.15, 0.2) is 29.8 Å². The standard InChI is InChI=1S/C27H28F2N4O4S/c1-26(2,36)9-6-16-4-5-22-20(12-16)32(3)24(35)19(14-37-22)30-23(34)18-13-33-21(15-38-25(33)31-18)17-7-10-27(28,29)11-8-17/h4-5,12-13,15,17,19,36H,7-8,10-11,14H2,1-3H3,(H,30,34)/t19-/m0/s1. The lowest BCUT2D eigenvalue weighted by molar-refractivity contribution is -0.120. The predicted octanol–water partition coefficient (Wildman–Crippen LogP) is 3.96. The van der Waals surface area contributed by atoms with Crippen molar-refractivity contribution in [2.24, 2.45) is 0 Å². The average Bonchev–Trinajstić information content (AvgIpc) is 3.43. The first-order chi connectivity index (χ1) is 17.9. The van der Waals surface area contributed by atoms with Gasteiger partial charge in [-0.2, -0.15) is 0 Å². The summed E-state index contributed by atoms with van der Waals surface area (Å²) in [5.41, 5.74) is 0.959. The molecular formula is C27H28F2N4O4S. The molecule has 2 N–H and O–H groups in total. The van der Waals surface area contributed by atoms with Crippen LogP contribution in [-0.4, -0.2) is 57.5 Å². The predicted molar refractivity (Wildman–Crippen MR) is 139 cm³/mol. The van der Waals surface area contributed by atoms with Gasteiger partial charge in [0.2, 0.25) is 5.92 Å². The van der Waals surface area contributed by atoms with Gasteiger partial charge >= 0.3 is 0 Å². The Hall–Kier alpha value is -3.49. The summed E-state index contributed by atoms with van der Waals surface area (Å²) in [6, 6.07) is 4.18. The number of carbonyl (C=O) groups is 2. The fourth-order valence-electron chi connectivity index (χ4n) is 4.68. The van der Waals surface area contributed by atoms with Crippen LogP contribution in [0.3, 0.4) is 0 Å². The summed E-state index contributed by atoms with van der Waals surface area (Å²) in [5, 5.41) is 14.5. The van der Waals surface area contributed by atoms with Crippen LogP contribution in [0, 0.1) is 11.8 Å². The van der Waals surface area contributed by atoms with Crippen LogP contribution >= 0.6 is 11.3 Å². The Balaban J connectivity index is 1.31. The summed E-state index contributed by atoms with van der Waals surface area (Å²) < 4.78 is 34.9. The number of alkyl halides is 2. The van der Waals surface area contributed by atoms with E-state index in [0.29, 0.717) is 34.8 Å². The van der Waals surface area contributed by atoms with Crippen LogP contribution in [0.5, 0.6) is 5.75 Å². The number of fused-ring (bicyclic) bond motifs is 2. The molecule has 0 radical (unpaired) electrons. The van der Waals surface area contributed by atoms with E-state index in [1.54, 1.807) is 49.7 Å². The zero-order valence-corrected chi connectivity index (χ0v) is 22.1. The number of nitrogens with one attached hydrogen (secondary N) is 1. The molecule has 1 aliphatic carbocycles. The zero-order chi connectivity index (χ0) is 27.2. The minimum atomic E-state index is -2.61. The molecule has 2 aliphatic rings. The smallest absolute Gasteiger partial charge is 0.272 e. The van der Waals surface area contributed by atoms with E-state index in [4.69, 9.17) is 4.74 Å². The first-order valence-corrected chi connectivity index (χ1v) is 13.2. The first-order valence-electron chi connectivity index (χ1n) is 12.4. The molecule has 1 aromatic carbocycles.